The van der Waals surface area contributed by atoms with Gasteiger partial charge in [0, 0.05) is 29.6 Å². The Balaban J connectivity index is 1.43. The summed E-state index contributed by atoms with van der Waals surface area (Å²) < 4.78 is 77.2. The van der Waals surface area contributed by atoms with Crippen molar-refractivity contribution in [3.8, 4) is 17.2 Å². The molecule has 0 aliphatic heterocycles. The number of rotatable bonds is 6. The fourth-order valence-corrected chi connectivity index (χ4v) is 3.93. The van der Waals surface area contributed by atoms with Gasteiger partial charge in [0.1, 0.15) is 11.6 Å². The van der Waals surface area contributed by atoms with E-state index in [4.69, 9.17) is 10.5 Å². The van der Waals surface area contributed by atoms with Crippen LogP contribution in [0.2, 0.25) is 0 Å². The van der Waals surface area contributed by atoms with E-state index in [-0.39, 0.29) is 23.2 Å². The van der Waals surface area contributed by atoms with E-state index in [0.717, 1.165) is 31.2 Å². The van der Waals surface area contributed by atoms with Crippen molar-refractivity contribution in [1.82, 2.24) is 14.8 Å². The number of pyridine rings is 1. The predicted octanol–water partition coefficient (Wildman–Crippen LogP) is 6.07. The Morgan fingerprint density at radius 2 is 1.76 bits per heavy atom. The number of halogens is 5. The van der Waals surface area contributed by atoms with Gasteiger partial charge in [-0.3, -0.25) is 4.79 Å². The van der Waals surface area contributed by atoms with Crippen LogP contribution in [0.5, 0.6) is 11.5 Å². The number of nitrogen functional groups attached to an aromatic ring is 1. The molecule has 1 saturated carbocycles. The minimum Gasteiger partial charge on any atom is -0.451 e. The van der Waals surface area contributed by atoms with Gasteiger partial charge in [0.2, 0.25) is 0 Å². The van der Waals surface area contributed by atoms with E-state index >= 15 is 0 Å². The van der Waals surface area contributed by atoms with Gasteiger partial charge in [-0.1, -0.05) is 18.2 Å². The molecule has 1 aliphatic rings. The molecule has 5 rings (SSSR count). The van der Waals surface area contributed by atoms with E-state index < -0.39 is 46.4 Å². The van der Waals surface area contributed by atoms with Crippen LogP contribution >= 0.6 is 0 Å². The summed E-state index contributed by atoms with van der Waals surface area (Å²) in [7, 11) is 0. The van der Waals surface area contributed by atoms with Crippen LogP contribution in [-0.4, -0.2) is 20.7 Å². The molecule has 2 heterocycles. The molecule has 1 fully saturated rings. The van der Waals surface area contributed by atoms with Crippen LogP contribution in [0.4, 0.5) is 33.5 Å². The van der Waals surface area contributed by atoms with Crippen LogP contribution in [0.15, 0.2) is 60.9 Å². The second-order valence-corrected chi connectivity index (χ2v) is 8.36. The number of carbonyl (C=O) groups excluding carboxylic acids is 1. The Labute approximate surface area is 206 Å². The standard InChI is InChI=1S/C25H18F5N5O2/c26-17-10-14(11-18(27)21(17)37-19-8-9-32-23(31)20(19)13-6-7-13)34-24(36)16-12-33-35(22(16)25(28,29)30)15-4-2-1-3-5-15/h1-5,8-13H,6-7H2,(H2,31,32)(H,34,36). The Morgan fingerprint density at radius 3 is 2.38 bits per heavy atom. The van der Waals surface area contributed by atoms with E-state index in [2.05, 4.69) is 15.4 Å². The number of anilines is 2. The second-order valence-electron chi connectivity index (χ2n) is 8.36. The maximum atomic E-state index is 14.8. The predicted molar refractivity (Wildman–Crippen MR) is 124 cm³/mol. The fourth-order valence-electron chi connectivity index (χ4n) is 3.93. The first-order valence-corrected chi connectivity index (χ1v) is 11.1. The van der Waals surface area contributed by atoms with Crippen molar-refractivity contribution >= 4 is 17.4 Å². The summed E-state index contributed by atoms with van der Waals surface area (Å²) in [6.07, 6.45) is -1.19. The Morgan fingerprint density at radius 1 is 1.08 bits per heavy atom. The minimum atomic E-state index is -4.95. The van der Waals surface area contributed by atoms with Crippen molar-refractivity contribution in [2.45, 2.75) is 24.9 Å². The lowest BCUT2D eigenvalue weighted by Gasteiger charge is -2.15. The summed E-state index contributed by atoms with van der Waals surface area (Å²) in [5, 5.41) is 5.80. The van der Waals surface area contributed by atoms with Crippen LogP contribution in [0.3, 0.4) is 0 Å². The number of aromatic nitrogens is 3. The molecule has 0 radical (unpaired) electrons. The van der Waals surface area contributed by atoms with E-state index in [1.54, 1.807) is 6.07 Å². The molecule has 1 amide bonds. The van der Waals surface area contributed by atoms with Crippen molar-refractivity contribution in [3.63, 3.8) is 0 Å². The van der Waals surface area contributed by atoms with Crippen LogP contribution in [0.25, 0.3) is 5.69 Å². The van der Waals surface area contributed by atoms with E-state index in [0.29, 0.717) is 10.2 Å². The van der Waals surface area contributed by atoms with Gasteiger partial charge >= 0.3 is 6.18 Å². The number of carbonyl (C=O) groups is 1. The number of nitrogens with zero attached hydrogens (tertiary/aromatic N) is 3. The van der Waals surface area contributed by atoms with Gasteiger partial charge in [-0.15, -0.1) is 0 Å². The van der Waals surface area contributed by atoms with Gasteiger partial charge in [0.05, 0.1) is 17.4 Å². The maximum Gasteiger partial charge on any atom is 0.434 e. The van der Waals surface area contributed by atoms with Gasteiger partial charge in [-0.05, 0) is 37.0 Å². The third kappa shape index (κ3) is 4.82. The van der Waals surface area contributed by atoms with Gasteiger partial charge in [-0.2, -0.15) is 18.3 Å². The molecule has 0 spiro atoms. The summed E-state index contributed by atoms with van der Waals surface area (Å²) in [6, 6.07) is 10.3. The first-order valence-electron chi connectivity index (χ1n) is 11.1. The summed E-state index contributed by atoms with van der Waals surface area (Å²) in [5.41, 5.74) is 3.96. The minimum absolute atomic E-state index is 0.0769. The summed E-state index contributed by atoms with van der Waals surface area (Å²) in [6.45, 7) is 0. The van der Waals surface area contributed by atoms with E-state index in [1.807, 2.05) is 0 Å². The van der Waals surface area contributed by atoms with Crippen LogP contribution in [0.1, 0.15) is 40.4 Å². The zero-order valence-corrected chi connectivity index (χ0v) is 18.9. The van der Waals surface area contributed by atoms with Crippen molar-refractivity contribution in [3.05, 3.63) is 89.4 Å². The summed E-state index contributed by atoms with van der Waals surface area (Å²) in [5.74, 6) is -3.94. The number of amides is 1. The first kappa shape index (κ1) is 24.2. The molecule has 0 saturated heterocycles. The first-order chi connectivity index (χ1) is 17.6. The highest BCUT2D eigenvalue weighted by Gasteiger charge is 2.40. The molecule has 1 aliphatic carbocycles. The number of nitrogens with one attached hydrogen (secondary N) is 1. The summed E-state index contributed by atoms with van der Waals surface area (Å²) >= 11 is 0. The van der Waals surface area contributed by atoms with Crippen molar-refractivity contribution in [2.24, 2.45) is 0 Å². The molecule has 0 bridgehead atoms. The number of benzene rings is 2. The molecular formula is C25H18F5N5O2. The smallest absolute Gasteiger partial charge is 0.434 e. The number of hydrogen-bond acceptors (Lipinski definition) is 5. The van der Waals surface area contributed by atoms with E-state index in [1.165, 1.54) is 36.5 Å². The van der Waals surface area contributed by atoms with Crippen molar-refractivity contribution < 1.29 is 31.5 Å². The molecule has 2 aromatic heterocycles. The Hall–Kier alpha value is -4.48. The van der Waals surface area contributed by atoms with Crippen molar-refractivity contribution in [1.29, 1.82) is 0 Å². The Kier molecular flexibility index (Phi) is 6.02. The average Bonchev–Trinajstić information content (AvgIpc) is 3.56. The molecule has 3 N–H and O–H groups in total. The number of alkyl halides is 3. The zero-order valence-electron chi connectivity index (χ0n) is 18.9. The topological polar surface area (TPSA) is 95.1 Å². The molecule has 0 unspecified atom stereocenters. The fraction of sp³-hybridized carbons (Fsp3) is 0.160. The van der Waals surface area contributed by atoms with Gasteiger partial charge in [0.15, 0.2) is 23.1 Å². The third-order valence-electron chi connectivity index (χ3n) is 5.72. The quantitative estimate of drug-likeness (QED) is 0.304. The lowest BCUT2D eigenvalue weighted by Crippen LogP contribution is -2.20. The maximum absolute atomic E-state index is 14.8. The highest BCUT2D eigenvalue weighted by Crippen LogP contribution is 2.47. The summed E-state index contributed by atoms with van der Waals surface area (Å²) in [4.78, 5) is 16.7. The SMILES string of the molecule is Nc1nccc(Oc2c(F)cc(NC(=O)c3cnn(-c4ccccc4)c3C(F)(F)F)cc2F)c1C1CC1. The normalized spacial score (nSPS) is 13.4. The van der Waals surface area contributed by atoms with Crippen LogP contribution in [-0.2, 0) is 6.18 Å². The zero-order chi connectivity index (χ0) is 26.3. The van der Waals surface area contributed by atoms with Crippen LogP contribution in [0, 0.1) is 11.6 Å². The molecule has 37 heavy (non-hydrogen) atoms. The van der Waals surface area contributed by atoms with E-state index in [9.17, 15) is 26.7 Å². The molecule has 0 atom stereocenters. The third-order valence-corrected chi connectivity index (χ3v) is 5.72. The molecule has 190 valence electrons. The monoisotopic (exact) mass is 515 g/mol. The second kappa shape index (κ2) is 9.19. The molecule has 7 nitrogen and oxygen atoms in total. The lowest BCUT2D eigenvalue weighted by molar-refractivity contribution is -0.143. The number of para-hydroxylation sites is 1. The molecular weight excluding hydrogens is 497 g/mol. The number of nitrogens with two attached hydrogens (primary N) is 1. The van der Waals surface area contributed by atoms with Crippen molar-refractivity contribution in [2.75, 3.05) is 11.1 Å². The highest BCUT2D eigenvalue weighted by molar-refractivity contribution is 6.05. The average molecular weight is 515 g/mol. The lowest BCUT2D eigenvalue weighted by atomic mass is 10.1. The Bertz CT molecular complexity index is 1460. The molecule has 2 aromatic carbocycles. The molecule has 4 aromatic rings. The van der Waals surface area contributed by atoms with Crippen LogP contribution < -0.4 is 15.8 Å². The van der Waals surface area contributed by atoms with Gasteiger partial charge in [-0.25, -0.2) is 18.4 Å². The highest BCUT2D eigenvalue weighted by atomic mass is 19.4. The van der Waals surface area contributed by atoms with Gasteiger partial charge < -0.3 is 15.8 Å². The number of ether oxygens (including phenoxy) is 1. The number of hydrogen-bond donors (Lipinski definition) is 2. The largest absolute Gasteiger partial charge is 0.451 e. The molecule has 12 heteroatoms. The van der Waals surface area contributed by atoms with Gasteiger partial charge in [0.25, 0.3) is 5.91 Å².